The second-order valence-electron chi connectivity index (χ2n) is 6.03. The summed E-state index contributed by atoms with van der Waals surface area (Å²) in [6, 6.07) is 6.49. The van der Waals surface area contributed by atoms with Crippen molar-refractivity contribution in [3.8, 4) is 5.82 Å². The fourth-order valence-electron chi connectivity index (χ4n) is 2.58. The van der Waals surface area contributed by atoms with Gasteiger partial charge >= 0.3 is 6.18 Å². The number of carbonyl (C=O) groups is 2. The number of alkyl halides is 3. The molecule has 32 heavy (non-hydrogen) atoms. The topological polar surface area (TPSA) is 88.9 Å². The van der Waals surface area contributed by atoms with Gasteiger partial charge in [-0.15, -0.1) is 0 Å². The molecule has 0 bridgehead atoms. The van der Waals surface area contributed by atoms with E-state index < -0.39 is 29.4 Å². The Morgan fingerprint density at radius 2 is 1.91 bits per heavy atom. The Morgan fingerprint density at radius 1 is 1.19 bits per heavy atom. The van der Waals surface area contributed by atoms with Crippen molar-refractivity contribution in [2.75, 3.05) is 11.6 Å². The quantitative estimate of drug-likeness (QED) is 0.359. The van der Waals surface area contributed by atoms with Crippen LogP contribution in [-0.2, 0) is 6.18 Å². The number of carbonyl (C=O) groups excluding carboxylic acids is 2. The number of nitrogens with zero attached hydrogens (tertiary/aromatic N) is 3. The first kappa shape index (κ1) is 24.6. The minimum absolute atomic E-state index is 0.0109. The fourth-order valence-corrected chi connectivity index (χ4v) is 4.40. The van der Waals surface area contributed by atoms with Gasteiger partial charge in [0.25, 0.3) is 11.8 Å². The van der Waals surface area contributed by atoms with Gasteiger partial charge < -0.3 is 5.32 Å². The molecule has 0 aliphatic carbocycles. The molecule has 0 unspecified atom stereocenters. The van der Waals surface area contributed by atoms with Crippen LogP contribution in [0.1, 0.15) is 26.5 Å². The van der Waals surface area contributed by atoms with Crippen LogP contribution in [0.25, 0.3) is 5.82 Å². The van der Waals surface area contributed by atoms with E-state index in [0.29, 0.717) is 19.7 Å². The molecule has 3 rings (SSSR count). The Bertz CT molecular complexity index is 1210. The molecule has 2 aromatic heterocycles. The molecule has 0 fully saturated rings. The molecule has 0 spiro atoms. The van der Waals surface area contributed by atoms with Crippen molar-refractivity contribution in [3.05, 3.63) is 67.4 Å². The molecule has 2 amide bonds. The minimum Gasteiger partial charge on any atom is -0.319 e. The number of amides is 2. The standard InChI is InChI=1S/C18H11Br2ClF3N5O2S/c1-32-28-16(30)9-5-8(19)6-10(20)14(9)26-17(31)12-7-13(18(22,23)24)27-29(12)15-11(21)3-2-4-25-15/h2-7H,1H3,(H,26,31)(H,28,30). The molecule has 1 aromatic carbocycles. The SMILES string of the molecule is CSNC(=O)c1cc(Br)cc(Br)c1NC(=O)c1cc(C(F)(F)F)nn1-c1ncccc1Cl. The number of anilines is 1. The van der Waals surface area contributed by atoms with Crippen molar-refractivity contribution < 1.29 is 22.8 Å². The second kappa shape index (κ2) is 9.81. The van der Waals surface area contributed by atoms with Gasteiger partial charge in [0.15, 0.2) is 11.5 Å². The van der Waals surface area contributed by atoms with Crippen LogP contribution in [0.5, 0.6) is 0 Å². The average molecular weight is 614 g/mol. The highest BCUT2D eigenvalue weighted by Gasteiger charge is 2.36. The molecule has 0 aliphatic heterocycles. The van der Waals surface area contributed by atoms with Gasteiger partial charge in [0.05, 0.1) is 16.3 Å². The van der Waals surface area contributed by atoms with Crippen molar-refractivity contribution in [1.82, 2.24) is 19.5 Å². The van der Waals surface area contributed by atoms with Crippen molar-refractivity contribution in [3.63, 3.8) is 0 Å². The molecule has 14 heteroatoms. The largest absolute Gasteiger partial charge is 0.435 e. The summed E-state index contributed by atoms with van der Waals surface area (Å²) < 4.78 is 44.1. The van der Waals surface area contributed by atoms with Crippen LogP contribution >= 0.6 is 55.4 Å². The molecule has 3 aromatic rings. The van der Waals surface area contributed by atoms with Gasteiger partial charge in [-0.2, -0.15) is 18.3 Å². The first-order valence-electron chi connectivity index (χ1n) is 8.44. The number of benzene rings is 1. The van der Waals surface area contributed by atoms with Gasteiger partial charge in [0.2, 0.25) is 0 Å². The van der Waals surface area contributed by atoms with Crippen molar-refractivity contribution >= 4 is 72.9 Å². The van der Waals surface area contributed by atoms with Crippen molar-refractivity contribution in [2.24, 2.45) is 0 Å². The van der Waals surface area contributed by atoms with Crippen LogP contribution in [0.4, 0.5) is 18.9 Å². The van der Waals surface area contributed by atoms with Crippen LogP contribution in [0.15, 0.2) is 45.5 Å². The maximum Gasteiger partial charge on any atom is 0.435 e. The zero-order valence-electron chi connectivity index (χ0n) is 15.8. The predicted molar refractivity (Wildman–Crippen MR) is 122 cm³/mol. The van der Waals surface area contributed by atoms with Crippen molar-refractivity contribution in [1.29, 1.82) is 0 Å². The van der Waals surface area contributed by atoms with Crippen LogP contribution in [0.2, 0.25) is 5.02 Å². The maximum absolute atomic E-state index is 13.3. The highest BCUT2D eigenvalue weighted by atomic mass is 79.9. The van der Waals surface area contributed by atoms with Gasteiger partial charge in [-0.05, 0) is 40.2 Å². The zero-order chi connectivity index (χ0) is 23.6. The Morgan fingerprint density at radius 3 is 2.53 bits per heavy atom. The predicted octanol–water partition coefficient (Wildman–Crippen LogP) is 5.72. The Labute approximate surface area is 205 Å². The number of pyridine rings is 1. The lowest BCUT2D eigenvalue weighted by Crippen LogP contribution is -2.22. The molecule has 0 saturated carbocycles. The van der Waals surface area contributed by atoms with E-state index in [0.717, 1.165) is 11.9 Å². The summed E-state index contributed by atoms with van der Waals surface area (Å²) in [7, 11) is 0. The summed E-state index contributed by atoms with van der Waals surface area (Å²) >= 11 is 13.6. The molecular formula is C18H11Br2ClF3N5O2S. The fraction of sp³-hybridized carbons (Fsp3) is 0.111. The number of rotatable bonds is 5. The first-order chi connectivity index (χ1) is 15.0. The summed E-state index contributed by atoms with van der Waals surface area (Å²) in [4.78, 5) is 29.4. The molecular weight excluding hydrogens is 603 g/mol. The van der Waals surface area contributed by atoms with E-state index in [9.17, 15) is 22.8 Å². The summed E-state index contributed by atoms with van der Waals surface area (Å²) in [6.07, 6.45) is -1.88. The summed E-state index contributed by atoms with van der Waals surface area (Å²) in [5, 5.41) is 5.95. The van der Waals surface area contributed by atoms with E-state index in [2.05, 4.69) is 52.0 Å². The molecule has 0 radical (unpaired) electrons. The maximum atomic E-state index is 13.3. The van der Waals surface area contributed by atoms with Crippen LogP contribution in [-0.4, -0.2) is 32.8 Å². The van der Waals surface area contributed by atoms with Crippen LogP contribution in [0.3, 0.4) is 0 Å². The van der Waals surface area contributed by atoms with Gasteiger partial charge in [0, 0.05) is 27.5 Å². The van der Waals surface area contributed by atoms with E-state index in [1.54, 1.807) is 12.3 Å². The van der Waals surface area contributed by atoms with Gasteiger partial charge in [-0.1, -0.05) is 39.5 Å². The minimum atomic E-state index is -4.82. The third kappa shape index (κ3) is 5.27. The normalized spacial score (nSPS) is 11.3. The van der Waals surface area contributed by atoms with Gasteiger partial charge in [0.1, 0.15) is 5.69 Å². The molecule has 0 atom stereocenters. The van der Waals surface area contributed by atoms with Crippen LogP contribution < -0.4 is 10.0 Å². The second-order valence-corrected chi connectivity index (χ2v) is 8.82. The third-order valence-electron chi connectivity index (χ3n) is 3.91. The van der Waals surface area contributed by atoms with E-state index in [1.807, 2.05) is 0 Å². The Kier molecular flexibility index (Phi) is 7.53. The lowest BCUT2D eigenvalue weighted by atomic mass is 10.1. The highest BCUT2D eigenvalue weighted by molar-refractivity contribution is 9.11. The van der Waals surface area contributed by atoms with E-state index >= 15 is 0 Å². The summed E-state index contributed by atoms with van der Waals surface area (Å²) in [6.45, 7) is 0. The molecule has 168 valence electrons. The number of nitrogens with one attached hydrogen (secondary N) is 2. The molecule has 0 aliphatic rings. The monoisotopic (exact) mass is 611 g/mol. The van der Waals surface area contributed by atoms with Gasteiger partial charge in [-0.3, -0.25) is 14.3 Å². The molecule has 2 heterocycles. The number of halogens is 6. The highest BCUT2D eigenvalue weighted by Crippen LogP contribution is 2.33. The first-order valence-corrected chi connectivity index (χ1v) is 11.6. The van der Waals surface area contributed by atoms with E-state index in [-0.39, 0.29) is 22.1 Å². The summed E-state index contributed by atoms with van der Waals surface area (Å²) in [5.74, 6) is -1.65. The lowest BCUT2D eigenvalue weighted by Gasteiger charge is -2.14. The van der Waals surface area contributed by atoms with E-state index in [1.165, 1.54) is 24.4 Å². The zero-order valence-corrected chi connectivity index (χ0v) is 20.5. The van der Waals surface area contributed by atoms with Gasteiger partial charge in [-0.25, -0.2) is 9.67 Å². The number of aromatic nitrogens is 3. The molecule has 0 saturated heterocycles. The summed E-state index contributed by atoms with van der Waals surface area (Å²) in [5.41, 5.74) is -1.66. The molecule has 2 N–H and O–H groups in total. The molecule has 7 nitrogen and oxygen atoms in total. The Hall–Kier alpha value is -2.09. The number of hydrogen-bond acceptors (Lipinski definition) is 5. The lowest BCUT2D eigenvalue weighted by molar-refractivity contribution is -0.141. The Balaban J connectivity index is 2.11. The number of hydrogen-bond donors (Lipinski definition) is 2. The van der Waals surface area contributed by atoms with Crippen molar-refractivity contribution in [2.45, 2.75) is 6.18 Å². The van der Waals surface area contributed by atoms with E-state index in [4.69, 9.17) is 11.6 Å². The third-order valence-corrected chi connectivity index (χ3v) is 5.67. The van der Waals surface area contributed by atoms with Crippen LogP contribution in [0, 0.1) is 0 Å². The smallest absolute Gasteiger partial charge is 0.319 e. The average Bonchev–Trinajstić information content (AvgIpc) is 3.16.